The fourth-order valence-corrected chi connectivity index (χ4v) is 4.56. The van der Waals surface area contributed by atoms with Crippen LogP contribution < -0.4 is 0 Å². The molecule has 0 bridgehead atoms. The predicted octanol–water partition coefficient (Wildman–Crippen LogP) is 4.99. The van der Waals surface area contributed by atoms with Gasteiger partial charge in [-0.25, -0.2) is 9.97 Å². The van der Waals surface area contributed by atoms with Crippen LogP contribution in [0.4, 0.5) is 13.2 Å². The molecule has 3 heterocycles. The van der Waals surface area contributed by atoms with Crippen LogP contribution in [0.25, 0.3) is 0 Å². The molecule has 0 saturated heterocycles. The lowest BCUT2D eigenvalue weighted by Gasteiger charge is -2.33. The van der Waals surface area contributed by atoms with Crippen molar-refractivity contribution in [3.8, 4) is 0 Å². The Balaban J connectivity index is 1.25. The van der Waals surface area contributed by atoms with Crippen molar-refractivity contribution in [2.75, 3.05) is 0 Å². The molecule has 2 aliphatic heterocycles. The van der Waals surface area contributed by atoms with Crippen LogP contribution in [0, 0.1) is 0 Å². The van der Waals surface area contributed by atoms with Gasteiger partial charge in [0.15, 0.2) is 0 Å². The number of Topliss-reactive ketones (excluding diaryl/α,β-unsaturated/α-hetero) is 1. The number of carbonyl (C=O) groups excluding carboxylic acids is 2. The zero-order valence-corrected chi connectivity index (χ0v) is 19.7. The SMILES string of the molecule is O=C(CCC1=NN=C2C1c1ccccc1C(=O)N2Cc1ccncn1)CCc1ccc(C(F)(F)F)cc1. The highest BCUT2D eigenvalue weighted by Crippen LogP contribution is 2.36. The summed E-state index contributed by atoms with van der Waals surface area (Å²) in [6.45, 7) is 0.222. The van der Waals surface area contributed by atoms with Crippen LogP contribution in [0.15, 0.2) is 77.3 Å². The summed E-state index contributed by atoms with van der Waals surface area (Å²) in [7, 11) is 0. The normalized spacial score (nSPS) is 16.7. The quantitative estimate of drug-likeness (QED) is 0.432. The molecule has 1 atom stereocenters. The van der Waals surface area contributed by atoms with E-state index < -0.39 is 11.7 Å². The summed E-state index contributed by atoms with van der Waals surface area (Å²) in [5, 5.41) is 8.68. The number of alkyl halides is 3. The highest BCUT2D eigenvalue weighted by atomic mass is 19.4. The van der Waals surface area contributed by atoms with Crippen LogP contribution in [0.2, 0.25) is 0 Å². The molecule has 1 amide bonds. The van der Waals surface area contributed by atoms with E-state index in [2.05, 4.69) is 20.2 Å². The molecule has 0 N–H and O–H groups in total. The molecular formula is C27H22F3N5O2. The zero-order valence-electron chi connectivity index (χ0n) is 19.7. The van der Waals surface area contributed by atoms with E-state index in [1.165, 1.54) is 18.5 Å². The molecule has 0 saturated carbocycles. The maximum absolute atomic E-state index is 13.3. The summed E-state index contributed by atoms with van der Waals surface area (Å²) in [6.07, 6.45) is -0.191. The van der Waals surface area contributed by atoms with E-state index in [4.69, 9.17) is 0 Å². The third-order valence-corrected chi connectivity index (χ3v) is 6.49. The number of amidine groups is 1. The molecule has 0 fully saturated rings. The van der Waals surface area contributed by atoms with Gasteiger partial charge < -0.3 is 0 Å². The van der Waals surface area contributed by atoms with Gasteiger partial charge in [-0.3, -0.25) is 14.5 Å². The highest BCUT2D eigenvalue weighted by Gasteiger charge is 2.42. The number of fused-ring (bicyclic) bond motifs is 3. The molecule has 0 radical (unpaired) electrons. The first-order chi connectivity index (χ1) is 17.8. The Morgan fingerprint density at radius 3 is 2.43 bits per heavy atom. The van der Waals surface area contributed by atoms with E-state index in [1.54, 1.807) is 29.3 Å². The van der Waals surface area contributed by atoms with Crippen molar-refractivity contribution in [3.63, 3.8) is 0 Å². The second kappa shape index (κ2) is 10.0. The summed E-state index contributed by atoms with van der Waals surface area (Å²) in [5.74, 6) is -0.0321. The third kappa shape index (κ3) is 5.18. The van der Waals surface area contributed by atoms with E-state index in [0.29, 0.717) is 41.2 Å². The lowest BCUT2D eigenvalue weighted by Crippen LogP contribution is -2.45. The van der Waals surface area contributed by atoms with Gasteiger partial charge in [-0.1, -0.05) is 30.3 Å². The Morgan fingerprint density at radius 2 is 1.70 bits per heavy atom. The maximum atomic E-state index is 13.3. The maximum Gasteiger partial charge on any atom is 0.416 e. The number of carbonyl (C=O) groups is 2. The first-order valence-electron chi connectivity index (χ1n) is 11.8. The Morgan fingerprint density at radius 1 is 0.946 bits per heavy atom. The fourth-order valence-electron chi connectivity index (χ4n) is 4.56. The molecule has 1 aromatic heterocycles. The van der Waals surface area contributed by atoms with Crippen molar-refractivity contribution in [3.05, 3.63) is 95.1 Å². The van der Waals surface area contributed by atoms with Crippen molar-refractivity contribution >= 4 is 23.2 Å². The summed E-state index contributed by atoms with van der Waals surface area (Å²) >= 11 is 0. The second-order valence-electron chi connectivity index (χ2n) is 8.90. The molecule has 37 heavy (non-hydrogen) atoms. The number of hydrogen-bond acceptors (Lipinski definition) is 6. The highest BCUT2D eigenvalue weighted by molar-refractivity contribution is 6.24. The van der Waals surface area contributed by atoms with Crippen LogP contribution in [-0.2, 0) is 23.9 Å². The minimum atomic E-state index is -4.38. The van der Waals surface area contributed by atoms with E-state index in [9.17, 15) is 22.8 Å². The van der Waals surface area contributed by atoms with E-state index in [1.807, 2.05) is 12.1 Å². The minimum Gasteiger partial charge on any atom is -0.300 e. The standard InChI is InChI=1S/C27H22F3N5O2/c28-27(29,30)18-8-5-17(6-9-18)7-10-20(36)11-12-23-24-21-3-1-2-4-22(21)26(37)35(25(24)34-33-23)15-19-13-14-31-16-32-19/h1-6,8-9,13-14,16,24H,7,10-12,15H2. The predicted molar refractivity (Wildman–Crippen MR) is 130 cm³/mol. The van der Waals surface area contributed by atoms with E-state index >= 15 is 0 Å². The molecule has 1 unspecified atom stereocenters. The number of benzene rings is 2. The molecule has 2 aromatic carbocycles. The van der Waals surface area contributed by atoms with Crippen LogP contribution >= 0.6 is 0 Å². The van der Waals surface area contributed by atoms with E-state index in [0.717, 1.165) is 17.7 Å². The van der Waals surface area contributed by atoms with Gasteiger partial charge >= 0.3 is 6.18 Å². The average molecular weight is 506 g/mol. The number of hydrogen-bond donors (Lipinski definition) is 0. The fraction of sp³-hybridized carbons (Fsp3) is 0.259. The largest absolute Gasteiger partial charge is 0.416 e. The topological polar surface area (TPSA) is 87.9 Å². The number of halogens is 3. The number of nitrogens with zero attached hydrogens (tertiary/aromatic N) is 5. The van der Waals surface area contributed by atoms with Gasteiger partial charge in [0.2, 0.25) is 0 Å². The molecule has 0 aliphatic carbocycles. The number of aromatic nitrogens is 2. The van der Waals surface area contributed by atoms with Gasteiger partial charge in [-0.15, -0.1) is 5.10 Å². The summed E-state index contributed by atoms with van der Waals surface area (Å²) in [4.78, 5) is 35.6. The van der Waals surface area contributed by atoms with Crippen LogP contribution in [-0.4, -0.2) is 38.1 Å². The van der Waals surface area contributed by atoms with Crippen molar-refractivity contribution in [1.29, 1.82) is 0 Å². The van der Waals surface area contributed by atoms with Crippen molar-refractivity contribution in [1.82, 2.24) is 14.9 Å². The van der Waals surface area contributed by atoms with E-state index in [-0.39, 0.29) is 37.0 Å². The second-order valence-corrected chi connectivity index (χ2v) is 8.90. The number of aryl methyl sites for hydroxylation is 1. The molecule has 188 valence electrons. The van der Waals surface area contributed by atoms with Crippen molar-refractivity contribution < 1.29 is 22.8 Å². The number of ketones is 1. The van der Waals surface area contributed by atoms with Crippen molar-refractivity contribution in [2.24, 2.45) is 10.2 Å². The summed E-state index contributed by atoms with van der Waals surface area (Å²) < 4.78 is 38.2. The zero-order chi connectivity index (χ0) is 26.0. The lowest BCUT2D eigenvalue weighted by molar-refractivity contribution is -0.137. The van der Waals surface area contributed by atoms with Gasteiger partial charge in [0.05, 0.1) is 29.4 Å². The van der Waals surface area contributed by atoms with Gasteiger partial charge in [0.1, 0.15) is 17.9 Å². The van der Waals surface area contributed by atoms with Crippen molar-refractivity contribution in [2.45, 2.75) is 44.3 Å². The Kier molecular flexibility index (Phi) is 6.64. The first-order valence-corrected chi connectivity index (χ1v) is 11.8. The van der Waals surface area contributed by atoms with Crippen LogP contribution in [0.3, 0.4) is 0 Å². The van der Waals surface area contributed by atoms with Gasteiger partial charge in [-0.05, 0) is 48.2 Å². The van der Waals surface area contributed by atoms with Gasteiger partial charge in [0.25, 0.3) is 5.91 Å². The first kappa shape index (κ1) is 24.5. The smallest absolute Gasteiger partial charge is 0.300 e. The molecular weight excluding hydrogens is 483 g/mol. The Hall–Kier alpha value is -4.21. The molecule has 2 aliphatic rings. The number of rotatable bonds is 8. The average Bonchev–Trinajstić information content (AvgIpc) is 3.33. The molecule has 10 heteroatoms. The summed E-state index contributed by atoms with van der Waals surface area (Å²) in [6, 6.07) is 13.9. The van der Waals surface area contributed by atoms with Gasteiger partial charge in [0, 0.05) is 24.6 Å². The summed E-state index contributed by atoms with van der Waals surface area (Å²) in [5.41, 5.74) is 2.69. The Labute approximate surface area is 210 Å². The molecule has 0 spiro atoms. The molecule has 7 nitrogen and oxygen atoms in total. The van der Waals surface area contributed by atoms with Crippen LogP contribution in [0.5, 0.6) is 0 Å². The molecule has 3 aromatic rings. The van der Waals surface area contributed by atoms with Gasteiger partial charge in [-0.2, -0.15) is 18.3 Å². The van der Waals surface area contributed by atoms with Crippen LogP contribution in [0.1, 0.15) is 57.9 Å². The Bertz CT molecular complexity index is 1390. The monoisotopic (exact) mass is 505 g/mol. The molecule has 5 rings (SSSR count). The lowest BCUT2D eigenvalue weighted by atomic mass is 9.83. The minimum absolute atomic E-state index is 0.0194. The number of amides is 1. The third-order valence-electron chi connectivity index (χ3n) is 6.49.